The van der Waals surface area contributed by atoms with E-state index < -0.39 is 11.2 Å². The number of aliphatic hydroxyl groups is 1. The number of benzene rings is 3. The Morgan fingerprint density at radius 1 is 0.667 bits per heavy atom. The lowest BCUT2D eigenvalue weighted by Gasteiger charge is -2.37. The number of hydrogen-bond donors (Lipinski definition) is 1. The van der Waals surface area contributed by atoms with Gasteiger partial charge >= 0.3 is 7.48 Å². The van der Waals surface area contributed by atoms with Crippen LogP contribution in [0.1, 0.15) is 27.7 Å². The summed E-state index contributed by atoms with van der Waals surface area (Å²) in [7, 11) is 0.422. The molecule has 0 saturated carbocycles. The van der Waals surface area contributed by atoms with Crippen molar-refractivity contribution in [2.24, 2.45) is 0 Å². The summed E-state index contributed by atoms with van der Waals surface area (Å²) in [5.41, 5.74) is 4.25. The lowest BCUT2D eigenvalue weighted by molar-refractivity contribution is -0.0893. The van der Waals surface area contributed by atoms with Crippen LogP contribution in [-0.2, 0) is 4.65 Å². The molecule has 4 rings (SSSR count). The first kappa shape index (κ1) is 22.9. The summed E-state index contributed by atoms with van der Waals surface area (Å²) in [5.74, 6) is 0.700. The molecule has 0 bridgehead atoms. The monoisotopic (exact) mass is 436 g/mol. The van der Waals surface area contributed by atoms with Crippen molar-refractivity contribution in [3.05, 3.63) is 91.0 Å². The number of hydrogen-bond acceptors (Lipinski definition) is 4. The second-order valence-electron chi connectivity index (χ2n) is 9.25. The molecule has 1 heterocycles. The van der Waals surface area contributed by atoms with E-state index in [0.717, 1.165) is 33.5 Å². The van der Waals surface area contributed by atoms with E-state index in [1.165, 1.54) is 0 Å². The third-order valence-electron chi connectivity index (χ3n) is 6.15. The lowest BCUT2D eigenvalue weighted by Crippen LogP contribution is -2.49. The fourth-order valence-corrected chi connectivity index (χ4v) is 3.28. The van der Waals surface area contributed by atoms with Gasteiger partial charge in [0.15, 0.2) is 5.82 Å². The van der Waals surface area contributed by atoms with Gasteiger partial charge in [0.2, 0.25) is 0 Å². The summed E-state index contributed by atoms with van der Waals surface area (Å²) in [6, 6.07) is 30.4. The summed E-state index contributed by atoms with van der Waals surface area (Å²) < 4.78 is 6.00. The Bertz CT molecular complexity index is 1140. The average Bonchev–Trinajstić information content (AvgIpc) is 2.83. The zero-order valence-corrected chi connectivity index (χ0v) is 19.6. The first-order valence-electron chi connectivity index (χ1n) is 11.2. The zero-order valence-electron chi connectivity index (χ0n) is 19.6. The van der Waals surface area contributed by atoms with Crippen molar-refractivity contribution >= 4 is 12.9 Å². The average molecular weight is 436 g/mol. The third kappa shape index (κ3) is 5.38. The Hall–Kier alpha value is -3.28. The molecule has 0 radical (unpaired) electrons. The number of rotatable bonds is 7. The van der Waals surface area contributed by atoms with Crippen LogP contribution in [0, 0.1) is 0 Å². The first-order chi connectivity index (χ1) is 15.7. The van der Waals surface area contributed by atoms with Gasteiger partial charge in [-0.2, -0.15) is 0 Å². The Labute approximate surface area is 196 Å². The van der Waals surface area contributed by atoms with Gasteiger partial charge in [0.1, 0.15) is 0 Å². The molecule has 33 heavy (non-hydrogen) atoms. The van der Waals surface area contributed by atoms with E-state index in [0.29, 0.717) is 13.3 Å². The largest absolute Gasteiger partial charge is 0.427 e. The van der Waals surface area contributed by atoms with Gasteiger partial charge in [0, 0.05) is 16.7 Å². The van der Waals surface area contributed by atoms with Gasteiger partial charge < -0.3 is 9.76 Å². The van der Waals surface area contributed by atoms with Crippen molar-refractivity contribution in [3.63, 3.8) is 0 Å². The van der Waals surface area contributed by atoms with Crippen LogP contribution in [0.3, 0.4) is 0 Å². The van der Waals surface area contributed by atoms with Crippen molar-refractivity contribution in [2.75, 3.05) is 0 Å². The van der Waals surface area contributed by atoms with E-state index in [9.17, 15) is 5.11 Å². The third-order valence-corrected chi connectivity index (χ3v) is 6.15. The summed E-state index contributed by atoms with van der Waals surface area (Å²) >= 11 is 0. The standard InChI is InChI=1S/C28H29BN2O2/c1-27(2,32)28(3,4)33-29-23-17-15-21(16-18-23)25-19-24(20-11-7-5-8-12-20)30-26(31-25)22-13-9-6-10-14-22/h5-19,29,32H,1-4H3. The highest BCUT2D eigenvalue weighted by Crippen LogP contribution is 2.27. The number of aromatic nitrogens is 2. The van der Waals surface area contributed by atoms with E-state index in [-0.39, 0.29) is 0 Å². The highest BCUT2D eigenvalue weighted by atomic mass is 16.5. The molecule has 0 atom stereocenters. The lowest BCUT2D eigenvalue weighted by atomic mass is 9.82. The molecule has 0 fully saturated rings. The summed E-state index contributed by atoms with van der Waals surface area (Å²) in [6.45, 7) is 7.33. The van der Waals surface area contributed by atoms with Crippen molar-refractivity contribution in [2.45, 2.75) is 38.9 Å². The second kappa shape index (κ2) is 9.30. The van der Waals surface area contributed by atoms with Crippen LogP contribution in [-0.4, -0.2) is 33.8 Å². The van der Waals surface area contributed by atoms with Crippen molar-refractivity contribution in [1.82, 2.24) is 9.97 Å². The molecule has 0 aliphatic heterocycles. The van der Waals surface area contributed by atoms with Crippen LogP contribution in [0.4, 0.5) is 0 Å². The highest BCUT2D eigenvalue weighted by molar-refractivity contribution is 6.47. The summed E-state index contributed by atoms with van der Waals surface area (Å²) in [5, 5.41) is 10.3. The smallest absolute Gasteiger partial charge is 0.309 e. The Balaban J connectivity index is 1.65. The maximum absolute atomic E-state index is 10.3. The molecule has 1 N–H and O–H groups in total. The molecule has 0 unspecified atom stereocenters. The van der Waals surface area contributed by atoms with Gasteiger partial charge in [-0.1, -0.05) is 90.4 Å². The van der Waals surface area contributed by atoms with Crippen molar-refractivity contribution in [1.29, 1.82) is 0 Å². The molecule has 166 valence electrons. The van der Waals surface area contributed by atoms with Crippen molar-refractivity contribution < 1.29 is 9.76 Å². The van der Waals surface area contributed by atoms with Crippen LogP contribution in [0.25, 0.3) is 33.9 Å². The normalized spacial score (nSPS) is 11.9. The van der Waals surface area contributed by atoms with E-state index in [1.807, 2.05) is 80.6 Å². The van der Waals surface area contributed by atoms with Gasteiger partial charge in [-0.3, -0.25) is 0 Å². The number of nitrogens with zero attached hydrogens (tertiary/aromatic N) is 2. The van der Waals surface area contributed by atoms with Crippen LogP contribution >= 0.6 is 0 Å². The van der Waals surface area contributed by atoms with Gasteiger partial charge in [-0.25, -0.2) is 9.97 Å². The van der Waals surface area contributed by atoms with E-state index in [2.05, 4.69) is 24.3 Å². The molecule has 0 amide bonds. The van der Waals surface area contributed by atoms with Crippen LogP contribution in [0.2, 0.25) is 0 Å². The Morgan fingerprint density at radius 2 is 1.15 bits per heavy atom. The minimum absolute atomic E-state index is 0.422. The highest BCUT2D eigenvalue weighted by Gasteiger charge is 2.35. The molecular weight excluding hydrogens is 407 g/mol. The van der Waals surface area contributed by atoms with Gasteiger partial charge in [-0.15, -0.1) is 0 Å². The van der Waals surface area contributed by atoms with Crippen LogP contribution in [0.15, 0.2) is 91.0 Å². The Kier molecular flexibility index (Phi) is 6.45. The molecule has 4 aromatic rings. The van der Waals surface area contributed by atoms with Gasteiger partial charge in [-0.05, 0) is 33.8 Å². The SMILES string of the molecule is CC(C)(O)C(C)(C)OBc1ccc(-c2cc(-c3ccccc3)nc(-c3ccccc3)n2)cc1. The molecule has 1 aromatic heterocycles. The Morgan fingerprint density at radius 3 is 1.67 bits per heavy atom. The zero-order chi connectivity index (χ0) is 23.5. The predicted octanol–water partition coefficient (Wildman–Crippen LogP) is 5.02. The molecule has 0 aliphatic rings. The van der Waals surface area contributed by atoms with E-state index in [1.54, 1.807) is 13.8 Å². The minimum Gasteiger partial charge on any atom is -0.427 e. The van der Waals surface area contributed by atoms with Gasteiger partial charge in [0.05, 0.1) is 22.6 Å². The predicted molar refractivity (Wildman–Crippen MR) is 137 cm³/mol. The maximum atomic E-state index is 10.3. The van der Waals surface area contributed by atoms with Crippen LogP contribution in [0.5, 0.6) is 0 Å². The summed E-state index contributed by atoms with van der Waals surface area (Å²) in [6.07, 6.45) is 0. The van der Waals surface area contributed by atoms with E-state index >= 15 is 0 Å². The summed E-state index contributed by atoms with van der Waals surface area (Å²) in [4.78, 5) is 9.71. The van der Waals surface area contributed by atoms with Gasteiger partial charge in [0.25, 0.3) is 0 Å². The maximum Gasteiger partial charge on any atom is 0.309 e. The van der Waals surface area contributed by atoms with Crippen LogP contribution < -0.4 is 5.46 Å². The molecular formula is C28H29BN2O2. The molecule has 0 aliphatic carbocycles. The fraction of sp³-hybridized carbons (Fsp3) is 0.214. The fourth-order valence-electron chi connectivity index (χ4n) is 3.28. The topological polar surface area (TPSA) is 55.2 Å². The first-order valence-corrected chi connectivity index (χ1v) is 11.2. The van der Waals surface area contributed by atoms with Crippen molar-refractivity contribution in [3.8, 4) is 33.9 Å². The minimum atomic E-state index is -0.935. The molecule has 0 spiro atoms. The molecule has 4 nitrogen and oxygen atoms in total. The second-order valence-corrected chi connectivity index (χ2v) is 9.25. The quantitative estimate of drug-likeness (QED) is 0.414. The molecule has 3 aromatic carbocycles. The molecule has 5 heteroatoms. The molecule has 0 saturated heterocycles. The van der Waals surface area contributed by atoms with E-state index in [4.69, 9.17) is 14.6 Å².